The van der Waals surface area contributed by atoms with Crippen LogP contribution < -0.4 is 0 Å². The van der Waals surface area contributed by atoms with Crippen LogP contribution in [0, 0.1) is 0 Å². The molecule has 1 N–H and O–H groups in total. The summed E-state index contributed by atoms with van der Waals surface area (Å²) in [7, 11) is 0. The number of hydrogen-bond acceptors (Lipinski definition) is 2. The molecule has 80 valence electrons. The number of rotatable bonds is 4. The molecule has 0 radical (unpaired) electrons. The van der Waals surface area contributed by atoms with Crippen LogP contribution in [0.15, 0.2) is 22.7 Å². The van der Waals surface area contributed by atoms with Gasteiger partial charge in [-0.2, -0.15) is 0 Å². The molecule has 0 saturated carbocycles. The number of carbonyl (C=O) groups excluding carboxylic acids is 1. The molecule has 0 aliphatic carbocycles. The van der Waals surface area contributed by atoms with Crippen molar-refractivity contribution in [2.24, 2.45) is 0 Å². The standard InChI is InChI=1S/C10H8BrClO3/c11-7-2-1-6(3-8(13)5-12)9(4-7)10(14)15/h1-2,4H,3,5H2,(H,14,15). The lowest BCUT2D eigenvalue weighted by atomic mass is 10.0. The van der Waals surface area contributed by atoms with Crippen LogP contribution in [0.4, 0.5) is 0 Å². The van der Waals surface area contributed by atoms with Gasteiger partial charge < -0.3 is 5.11 Å². The number of carboxylic acid groups (broad SMARTS) is 1. The quantitative estimate of drug-likeness (QED) is 0.867. The van der Waals surface area contributed by atoms with Crippen molar-refractivity contribution in [3.63, 3.8) is 0 Å². The fourth-order valence-electron chi connectivity index (χ4n) is 1.16. The maximum atomic E-state index is 11.1. The predicted molar refractivity (Wildman–Crippen MR) is 60.5 cm³/mol. The Labute approximate surface area is 100 Å². The van der Waals surface area contributed by atoms with Crippen LogP contribution in [-0.2, 0) is 11.2 Å². The number of benzene rings is 1. The summed E-state index contributed by atoms with van der Waals surface area (Å²) in [5, 5.41) is 8.91. The third kappa shape index (κ3) is 3.32. The number of ketones is 1. The largest absolute Gasteiger partial charge is 0.478 e. The van der Waals surface area contributed by atoms with Gasteiger partial charge in [0.25, 0.3) is 0 Å². The number of halogens is 2. The first kappa shape index (κ1) is 12.2. The van der Waals surface area contributed by atoms with E-state index in [-0.39, 0.29) is 23.6 Å². The first-order chi connectivity index (χ1) is 7.04. The number of aromatic carboxylic acids is 1. The summed E-state index contributed by atoms with van der Waals surface area (Å²) >= 11 is 8.53. The molecule has 0 heterocycles. The van der Waals surface area contributed by atoms with Gasteiger partial charge >= 0.3 is 5.97 Å². The van der Waals surface area contributed by atoms with Crippen molar-refractivity contribution in [1.29, 1.82) is 0 Å². The fraction of sp³-hybridized carbons (Fsp3) is 0.200. The van der Waals surface area contributed by atoms with Crippen LogP contribution in [0.1, 0.15) is 15.9 Å². The summed E-state index contributed by atoms with van der Waals surface area (Å²) < 4.78 is 0.668. The van der Waals surface area contributed by atoms with Gasteiger partial charge in [-0.3, -0.25) is 4.79 Å². The molecule has 0 bridgehead atoms. The average molecular weight is 292 g/mol. The fourth-order valence-corrected chi connectivity index (χ4v) is 1.62. The van der Waals surface area contributed by atoms with E-state index >= 15 is 0 Å². The Balaban J connectivity index is 3.06. The van der Waals surface area contributed by atoms with E-state index in [0.29, 0.717) is 10.0 Å². The molecule has 0 atom stereocenters. The van der Waals surface area contributed by atoms with E-state index in [0.717, 1.165) is 0 Å². The summed E-state index contributed by atoms with van der Waals surface area (Å²) in [4.78, 5) is 22.0. The highest BCUT2D eigenvalue weighted by molar-refractivity contribution is 9.10. The van der Waals surface area contributed by atoms with E-state index in [9.17, 15) is 9.59 Å². The highest BCUT2D eigenvalue weighted by Gasteiger charge is 2.12. The lowest BCUT2D eigenvalue weighted by Crippen LogP contribution is -2.09. The van der Waals surface area contributed by atoms with Gasteiger partial charge in [-0.25, -0.2) is 4.79 Å². The van der Waals surface area contributed by atoms with Crippen LogP contribution in [0.2, 0.25) is 0 Å². The summed E-state index contributed by atoms with van der Waals surface area (Å²) in [6, 6.07) is 4.78. The molecular formula is C10H8BrClO3. The van der Waals surface area contributed by atoms with Gasteiger partial charge in [-0.1, -0.05) is 22.0 Å². The zero-order valence-electron chi connectivity index (χ0n) is 7.67. The Kier molecular flexibility index (Phi) is 4.29. The zero-order chi connectivity index (χ0) is 11.4. The van der Waals surface area contributed by atoms with Gasteiger partial charge in [0, 0.05) is 10.9 Å². The van der Waals surface area contributed by atoms with Gasteiger partial charge in [-0.05, 0) is 17.7 Å². The smallest absolute Gasteiger partial charge is 0.336 e. The maximum Gasteiger partial charge on any atom is 0.336 e. The molecule has 0 unspecified atom stereocenters. The first-order valence-electron chi connectivity index (χ1n) is 4.14. The molecule has 0 spiro atoms. The first-order valence-corrected chi connectivity index (χ1v) is 5.46. The van der Waals surface area contributed by atoms with Crippen molar-refractivity contribution >= 4 is 39.3 Å². The van der Waals surface area contributed by atoms with Crippen molar-refractivity contribution in [3.05, 3.63) is 33.8 Å². The lowest BCUT2D eigenvalue weighted by molar-refractivity contribution is -0.116. The summed E-state index contributed by atoms with van der Waals surface area (Å²) in [6.45, 7) is 0. The van der Waals surface area contributed by atoms with Crippen LogP contribution >= 0.6 is 27.5 Å². The van der Waals surface area contributed by atoms with Crippen LogP contribution in [0.5, 0.6) is 0 Å². The Morgan fingerprint density at radius 1 is 1.40 bits per heavy atom. The second-order valence-corrected chi connectivity index (χ2v) is 4.14. The molecule has 0 saturated heterocycles. The lowest BCUT2D eigenvalue weighted by Gasteiger charge is -2.04. The second kappa shape index (κ2) is 5.28. The van der Waals surface area contributed by atoms with Gasteiger partial charge in [0.15, 0.2) is 5.78 Å². The molecule has 0 amide bonds. The van der Waals surface area contributed by atoms with Crippen molar-refractivity contribution < 1.29 is 14.7 Å². The van der Waals surface area contributed by atoms with Crippen molar-refractivity contribution in [2.45, 2.75) is 6.42 Å². The molecule has 1 rings (SSSR count). The van der Waals surface area contributed by atoms with E-state index in [1.165, 1.54) is 6.07 Å². The van der Waals surface area contributed by atoms with E-state index in [4.69, 9.17) is 16.7 Å². The number of carboxylic acids is 1. The zero-order valence-corrected chi connectivity index (χ0v) is 10.0. The van der Waals surface area contributed by atoms with Crippen molar-refractivity contribution in [3.8, 4) is 0 Å². The molecule has 0 fully saturated rings. The number of carbonyl (C=O) groups is 2. The Morgan fingerprint density at radius 3 is 2.60 bits per heavy atom. The number of Topliss-reactive ketones (excluding diaryl/α,β-unsaturated/α-hetero) is 1. The molecule has 0 aliphatic heterocycles. The maximum absolute atomic E-state index is 11.1. The minimum absolute atomic E-state index is 0.0540. The highest BCUT2D eigenvalue weighted by Crippen LogP contribution is 2.17. The Bertz CT molecular complexity index is 404. The van der Waals surface area contributed by atoms with Crippen molar-refractivity contribution in [2.75, 3.05) is 5.88 Å². The average Bonchev–Trinajstić information content (AvgIpc) is 2.20. The minimum atomic E-state index is -1.05. The molecule has 5 heteroatoms. The van der Waals surface area contributed by atoms with Gasteiger partial charge in [-0.15, -0.1) is 11.6 Å². The highest BCUT2D eigenvalue weighted by atomic mass is 79.9. The third-order valence-electron chi connectivity index (χ3n) is 1.84. The Morgan fingerprint density at radius 2 is 2.07 bits per heavy atom. The molecule has 0 aromatic heterocycles. The summed E-state index contributed by atoms with van der Waals surface area (Å²) in [5.41, 5.74) is 0.610. The third-order valence-corrected chi connectivity index (χ3v) is 2.63. The topological polar surface area (TPSA) is 54.4 Å². The number of hydrogen-bond donors (Lipinski definition) is 1. The predicted octanol–water partition coefficient (Wildman–Crippen LogP) is 2.50. The van der Waals surface area contributed by atoms with Crippen molar-refractivity contribution in [1.82, 2.24) is 0 Å². The summed E-state index contributed by atoms with van der Waals surface area (Å²) in [6.07, 6.45) is 0.0540. The van der Waals surface area contributed by atoms with Gasteiger partial charge in [0.2, 0.25) is 0 Å². The van der Waals surface area contributed by atoms with Crippen LogP contribution in [-0.4, -0.2) is 22.7 Å². The van der Waals surface area contributed by atoms with Crippen LogP contribution in [0.25, 0.3) is 0 Å². The molecule has 1 aromatic rings. The molecule has 1 aromatic carbocycles. The van der Waals surface area contributed by atoms with E-state index in [1.807, 2.05) is 0 Å². The molecular weight excluding hydrogens is 283 g/mol. The monoisotopic (exact) mass is 290 g/mol. The molecule has 3 nitrogen and oxygen atoms in total. The summed E-state index contributed by atoms with van der Waals surface area (Å²) in [5.74, 6) is -1.34. The van der Waals surface area contributed by atoms with Crippen LogP contribution in [0.3, 0.4) is 0 Å². The normalized spacial score (nSPS) is 10.0. The van der Waals surface area contributed by atoms with E-state index < -0.39 is 5.97 Å². The Hall–Kier alpha value is -0.870. The van der Waals surface area contributed by atoms with Gasteiger partial charge in [0.1, 0.15) is 0 Å². The van der Waals surface area contributed by atoms with E-state index in [2.05, 4.69) is 15.9 Å². The minimum Gasteiger partial charge on any atom is -0.478 e. The SMILES string of the molecule is O=C(CCl)Cc1ccc(Br)cc1C(=O)O. The molecule has 15 heavy (non-hydrogen) atoms. The van der Waals surface area contributed by atoms with Gasteiger partial charge in [0.05, 0.1) is 11.4 Å². The van der Waals surface area contributed by atoms with E-state index in [1.54, 1.807) is 12.1 Å². The second-order valence-electron chi connectivity index (χ2n) is 2.96. The molecule has 0 aliphatic rings. The number of alkyl halides is 1.